The van der Waals surface area contributed by atoms with Gasteiger partial charge in [0.1, 0.15) is 5.69 Å². The van der Waals surface area contributed by atoms with Crippen LogP contribution in [0.1, 0.15) is 70.8 Å². The van der Waals surface area contributed by atoms with Gasteiger partial charge in [-0.1, -0.05) is 41.0 Å². The van der Waals surface area contributed by atoms with Crippen LogP contribution in [-0.2, 0) is 6.54 Å². The highest BCUT2D eigenvalue weighted by Gasteiger charge is 2.29. The zero-order chi connectivity index (χ0) is 13.9. The first-order chi connectivity index (χ1) is 8.40. The number of nitrogens with zero attached hydrogens (tertiary/aromatic N) is 3. The molecule has 0 spiro atoms. The number of unbranched alkanes of at least 4 members (excludes halogenated alkanes) is 1. The quantitative estimate of drug-likeness (QED) is 0.571. The zero-order valence-corrected chi connectivity index (χ0v) is 11.9. The first-order valence-electron chi connectivity index (χ1n) is 6.64. The van der Waals surface area contributed by atoms with E-state index in [2.05, 4.69) is 11.9 Å². The lowest BCUT2D eigenvalue weighted by molar-refractivity contribution is -0.393. The van der Waals surface area contributed by atoms with E-state index >= 15 is 0 Å². The lowest BCUT2D eigenvalue weighted by Gasteiger charge is -2.06. The van der Waals surface area contributed by atoms with Crippen LogP contribution < -0.4 is 0 Å². The fourth-order valence-electron chi connectivity index (χ4n) is 2.04. The predicted molar refractivity (Wildman–Crippen MR) is 72.0 cm³/mol. The molecular weight excluding hydrogens is 230 g/mol. The van der Waals surface area contributed by atoms with Gasteiger partial charge in [-0.25, -0.2) is 9.55 Å². The summed E-state index contributed by atoms with van der Waals surface area (Å²) in [6.45, 7) is 10.7. The Hall–Kier alpha value is -1.39. The molecule has 0 aliphatic rings. The Morgan fingerprint density at radius 1 is 1.28 bits per heavy atom. The third-order valence-corrected chi connectivity index (χ3v) is 2.97. The largest absolute Gasteiger partial charge is 0.358 e. The molecule has 1 heterocycles. The van der Waals surface area contributed by atoms with E-state index in [0.717, 1.165) is 18.7 Å². The third-order valence-electron chi connectivity index (χ3n) is 2.97. The number of aromatic nitrogens is 2. The molecule has 0 aliphatic heterocycles. The summed E-state index contributed by atoms with van der Waals surface area (Å²) in [6.07, 6.45) is 1.96. The van der Waals surface area contributed by atoms with Crippen LogP contribution in [0.5, 0.6) is 0 Å². The second kappa shape index (κ2) is 5.98. The maximum Gasteiger partial charge on any atom is 0.346 e. The molecule has 0 fully saturated rings. The minimum absolute atomic E-state index is 0.0748. The molecule has 5 nitrogen and oxygen atoms in total. The van der Waals surface area contributed by atoms with Gasteiger partial charge in [-0.05, 0) is 11.3 Å². The fraction of sp³-hybridized carbons (Fsp3) is 0.769. The first-order valence-corrected chi connectivity index (χ1v) is 6.64. The normalized spacial score (nSPS) is 11.5. The minimum atomic E-state index is -0.288. The van der Waals surface area contributed by atoms with Crippen LogP contribution in [0, 0.1) is 10.1 Å². The summed E-state index contributed by atoms with van der Waals surface area (Å²) in [5.41, 5.74) is 0.611. The molecule has 1 aromatic rings. The van der Waals surface area contributed by atoms with Crippen molar-refractivity contribution in [3.8, 4) is 0 Å². The average Bonchev–Trinajstić information content (AvgIpc) is 2.65. The van der Waals surface area contributed by atoms with Crippen LogP contribution in [0.3, 0.4) is 0 Å². The molecule has 18 heavy (non-hydrogen) atoms. The van der Waals surface area contributed by atoms with Crippen molar-refractivity contribution in [3.05, 3.63) is 21.6 Å². The monoisotopic (exact) mass is 253 g/mol. The van der Waals surface area contributed by atoms with Gasteiger partial charge >= 0.3 is 5.82 Å². The molecule has 102 valence electrons. The van der Waals surface area contributed by atoms with Crippen LogP contribution in [0.25, 0.3) is 0 Å². The van der Waals surface area contributed by atoms with Gasteiger partial charge in [0.2, 0.25) is 0 Å². The van der Waals surface area contributed by atoms with Crippen molar-refractivity contribution in [2.45, 2.75) is 65.8 Å². The Kier molecular flexibility index (Phi) is 4.87. The third kappa shape index (κ3) is 2.89. The highest BCUT2D eigenvalue weighted by atomic mass is 16.6. The number of hydrogen-bond acceptors (Lipinski definition) is 3. The summed E-state index contributed by atoms with van der Waals surface area (Å²) >= 11 is 0. The van der Waals surface area contributed by atoms with Crippen molar-refractivity contribution >= 4 is 5.82 Å². The smallest absolute Gasteiger partial charge is 0.346 e. The maximum absolute atomic E-state index is 11.3. The molecule has 0 saturated heterocycles. The Bertz CT molecular complexity index is 422. The summed E-state index contributed by atoms with van der Waals surface area (Å²) in [7, 11) is 0. The van der Waals surface area contributed by atoms with E-state index in [0.29, 0.717) is 12.2 Å². The molecule has 1 aromatic heterocycles. The summed E-state index contributed by atoms with van der Waals surface area (Å²) in [4.78, 5) is 15.5. The van der Waals surface area contributed by atoms with E-state index in [1.54, 1.807) is 4.57 Å². The van der Waals surface area contributed by atoms with Crippen LogP contribution in [0.15, 0.2) is 0 Å². The van der Waals surface area contributed by atoms with Crippen molar-refractivity contribution in [1.29, 1.82) is 0 Å². The van der Waals surface area contributed by atoms with Gasteiger partial charge < -0.3 is 10.1 Å². The second-order valence-electron chi connectivity index (χ2n) is 5.25. The molecule has 0 bridgehead atoms. The molecule has 0 aliphatic carbocycles. The van der Waals surface area contributed by atoms with Gasteiger partial charge in [0.05, 0.1) is 6.54 Å². The Labute approximate surface area is 108 Å². The second-order valence-corrected chi connectivity index (χ2v) is 5.25. The van der Waals surface area contributed by atoms with Crippen molar-refractivity contribution in [2.75, 3.05) is 0 Å². The number of hydrogen-bond donors (Lipinski definition) is 0. The molecule has 1 rings (SSSR count). The summed E-state index contributed by atoms with van der Waals surface area (Å²) in [5.74, 6) is 1.29. The molecule has 0 atom stereocenters. The molecule has 0 N–H and O–H groups in total. The zero-order valence-electron chi connectivity index (χ0n) is 11.9. The van der Waals surface area contributed by atoms with E-state index in [-0.39, 0.29) is 22.6 Å². The predicted octanol–water partition coefficient (Wildman–Crippen LogP) is 3.84. The summed E-state index contributed by atoms with van der Waals surface area (Å²) < 4.78 is 1.80. The van der Waals surface area contributed by atoms with Gasteiger partial charge in [0, 0.05) is 11.8 Å². The molecule has 0 unspecified atom stereocenters. The lowest BCUT2D eigenvalue weighted by atomic mass is 10.1. The van der Waals surface area contributed by atoms with Crippen LogP contribution in [0.4, 0.5) is 5.82 Å². The molecule has 0 amide bonds. The van der Waals surface area contributed by atoms with Crippen LogP contribution in [0.2, 0.25) is 0 Å². The van der Waals surface area contributed by atoms with Gasteiger partial charge in [-0.15, -0.1) is 0 Å². The Morgan fingerprint density at radius 3 is 2.28 bits per heavy atom. The average molecular weight is 253 g/mol. The summed E-state index contributed by atoms with van der Waals surface area (Å²) in [5, 5.41) is 11.3. The molecule has 5 heteroatoms. The van der Waals surface area contributed by atoms with Crippen LogP contribution >= 0.6 is 0 Å². The van der Waals surface area contributed by atoms with E-state index in [1.807, 2.05) is 27.7 Å². The number of nitro groups is 1. The topological polar surface area (TPSA) is 61.0 Å². The number of imidazole rings is 1. The van der Waals surface area contributed by atoms with Gasteiger partial charge in [-0.3, -0.25) is 0 Å². The van der Waals surface area contributed by atoms with Crippen LogP contribution in [-0.4, -0.2) is 14.5 Å². The molecule has 0 radical (unpaired) electrons. The SMILES string of the molecule is CCCCn1c(C(C)C)nc(C(C)C)c1[N+](=O)[O-]. The van der Waals surface area contributed by atoms with E-state index in [1.165, 1.54) is 0 Å². The van der Waals surface area contributed by atoms with Crippen molar-refractivity contribution in [3.63, 3.8) is 0 Å². The van der Waals surface area contributed by atoms with E-state index in [4.69, 9.17) is 0 Å². The van der Waals surface area contributed by atoms with E-state index in [9.17, 15) is 10.1 Å². The standard InChI is InChI=1S/C13H23N3O2/c1-6-7-8-15-12(10(4)5)14-11(9(2)3)13(15)16(17)18/h9-10H,6-8H2,1-5H3. The lowest BCUT2D eigenvalue weighted by Crippen LogP contribution is -2.09. The van der Waals surface area contributed by atoms with Crippen molar-refractivity contribution in [2.24, 2.45) is 0 Å². The first kappa shape index (κ1) is 14.7. The van der Waals surface area contributed by atoms with Gasteiger partial charge in [-0.2, -0.15) is 0 Å². The van der Waals surface area contributed by atoms with Crippen molar-refractivity contribution in [1.82, 2.24) is 9.55 Å². The van der Waals surface area contributed by atoms with Gasteiger partial charge in [0.15, 0.2) is 5.82 Å². The maximum atomic E-state index is 11.3. The Morgan fingerprint density at radius 2 is 1.89 bits per heavy atom. The summed E-state index contributed by atoms with van der Waals surface area (Å²) in [6, 6.07) is 0. The molecule has 0 saturated carbocycles. The highest BCUT2D eigenvalue weighted by Crippen LogP contribution is 2.30. The molecule has 0 aromatic carbocycles. The Balaban J connectivity index is 3.35. The van der Waals surface area contributed by atoms with E-state index < -0.39 is 0 Å². The highest BCUT2D eigenvalue weighted by molar-refractivity contribution is 5.34. The fourth-order valence-corrected chi connectivity index (χ4v) is 2.04. The number of rotatable bonds is 6. The van der Waals surface area contributed by atoms with Gasteiger partial charge in [0.25, 0.3) is 0 Å². The minimum Gasteiger partial charge on any atom is -0.358 e. The van der Waals surface area contributed by atoms with Crippen molar-refractivity contribution < 1.29 is 4.92 Å². The molecular formula is C13H23N3O2.